The van der Waals surface area contributed by atoms with Crippen LogP contribution in [-0.4, -0.2) is 29.9 Å². The zero-order valence-corrected chi connectivity index (χ0v) is 5.89. The Morgan fingerprint density at radius 3 is 2.80 bits per heavy atom. The van der Waals surface area contributed by atoms with E-state index in [9.17, 15) is 9.59 Å². The fourth-order valence-corrected chi connectivity index (χ4v) is 0.872. The third-order valence-electron chi connectivity index (χ3n) is 1.51. The first-order chi connectivity index (χ1) is 4.74. The van der Waals surface area contributed by atoms with Crippen LogP contribution in [0.4, 0.5) is 0 Å². The van der Waals surface area contributed by atoms with Gasteiger partial charge in [-0.25, -0.2) is 0 Å². The van der Waals surface area contributed by atoms with Crippen LogP contribution in [0.2, 0.25) is 0 Å². The molecule has 0 aromatic heterocycles. The lowest BCUT2D eigenvalue weighted by Crippen LogP contribution is -2.48. The number of carbonyl (C=O) groups is 2. The van der Waals surface area contributed by atoms with E-state index in [1.165, 1.54) is 0 Å². The van der Waals surface area contributed by atoms with E-state index < -0.39 is 0 Å². The molecule has 1 aliphatic rings. The van der Waals surface area contributed by atoms with Crippen LogP contribution >= 0.6 is 0 Å². The molecule has 0 radical (unpaired) electrons. The predicted molar refractivity (Wildman–Crippen MR) is 35.0 cm³/mol. The molecular weight excluding hydrogens is 132 g/mol. The van der Waals surface area contributed by atoms with E-state index in [2.05, 4.69) is 5.32 Å². The summed E-state index contributed by atoms with van der Waals surface area (Å²) in [6.45, 7) is 2.92. The van der Waals surface area contributed by atoms with Crippen LogP contribution < -0.4 is 5.32 Å². The summed E-state index contributed by atoms with van der Waals surface area (Å²) < 4.78 is 0. The molecule has 1 fully saturated rings. The van der Waals surface area contributed by atoms with Crippen LogP contribution in [0.5, 0.6) is 0 Å². The summed E-state index contributed by atoms with van der Waals surface area (Å²) in [6, 6.07) is 0. The Morgan fingerprint density at radius 2 is 2.30 bits per heavy atom. The second-order valence-electron chi connectivity index (χ2n) is 2.18. The van der Waals surface area contributed by atoms with Gasteiger partial charge >= 0.3 is 0 Å². The van der Waals surface area contributed by atoms with Crippen molar-refractivity contribution in [2.45, 2.75) is 13.3 Å². The van der Waals surface area contributed by atoms with Gasteiger partial charge in [0, 0.05) is 6.54 Å². The van der Waals surface area contributed by atoms with Gasteiger partial charge in [0.25, 0.3) is 0 Å². The van der Waals surface area contributed by atoms with E-state index in [0.717, 1.165) is 0 Å². The molecule has 1 aliphatic heterocycles. The lowest BCUT2D eigenvalue weighted by Gasteiger charge is -2.25. The minimum absolute atomic E-state index is 0.00778. The van der Waals surface area contributed by atoms with E-state index in [1.807, 2.05) is 6.92 Å². The molecule has 4 nitrogen and oxygen atoms in total. The first-order valence-corrected chi connectivity index (χ1v) is 3.28. The Kier molecular flexibility index (Phi) is 1.89. The van der Waals surface area contributed by atoms with Crippen LogP contribution in [0, 0.1) is 0 Å². The third kappa shape index (κ3) is 1.26. The van der Waals surface area contributed by atoms with Crippen LogP contribution in [0.3, 0.4) is 0 Å². The summed E-state index contributed by atoms with van der Waals surface area (Å²) in [5.74, 6) is -0.249. The molecule has 2 amide bonds. The van der Waals surface area contributed by atoms with Gasteiger partial charge in [0.15, 0.2) is 0 Å². The number of hydrogen-bond acceptors (Lipinski definition) is 2. The number of hydrogen-bond donors (Lipinski definition) is 1. The van der Waals surface area contributed by atoms with Crippen molar-refractivity contribution in [3.63, 3.8) is 0 Å². The van der Waals surface area contributed by atoms with Crippen molar-refractivity contribution in [3.05, 3.63) is 0 Å². The highest BCUT2D eigenvalue weighted by atomic mass is 16.2. The highest BCUT2D eigenvalue weighted by Gasteiger charge is 2.20. The first kappa shape index (κ1) is 7.05. The number of rotatable bonds is 1. The molecule has 1 heterocycles. The van der Waals surface area contributed by atoms with Crippen molar-refractivity contribution in [2.24, 2.45) is 0 Å². The summed E-state index contributed by atoms with van der Waals surface area (Å²) in [7, 11) is 0. The number of nitrogens with zero attached hydrogens (tertiary/aromatic N) is 1. The zero-order valence-electron chi connectivity index (χ0n) is 5.89. The minimum Gasteiger partial charge on any atom is -0.338 e. The molecule has 1 N–H and O–H groups in total. The Hall–Kier alpha value is -1.06. The highest BCUT2D eigenvalue weighted by Crippen LogP contribution is 1.97. The molecule has 4 heteroatoms. The average Bonchev–Trinajstić information content (AvgIpc) is 1.88. The molecule has 1 rings (SSSR count). The average molecular weight is 142 g/mol. The van der Waals surface area contributed by atoms with E-state index in [0.29, 0.717) is 13.2 Å². The summed E-state index contributed by atoms with van der Waals surface area (Å²) >= 11 is 0. The summed E-state index contributed by atoms with van der Waals surface area (Å²) in [6.07, 6.45) is 0.00778. The molecule has 0 bridgehead atoms. The second kappa shape index (κ2) is 2.68. The summed E-state index contributed by atoms with van der Waals surface area (Å²) in [5, 5.41) is 2.58. The molecule has 56 valence electrons. The molecule has 0 atom stereocenters. The first-order valence-electron chi connectivity index (χ1n) is 3.28. The number of carbonyl (C=O) groups excluding carboxylic acids is 2. The molecule has 0 saturated carbocycles. The fourth-order valence-electron chi connectivity index (χ4n) is 0.872. The zero-order chi connectivity index (χ0) is 7.56. The molecule has 0 aromatic carbocycles. The third-order valence-corrected chi connectivity index (χ3v) is 1.51. The van der Waals surface area contributed by atoms with Crippen molar-refractivity contribution in [3.8, 4) is 0 Å². The van der Waals surface area contributed by atoms with Gasteiger partial charge in [-0.15, -0.1) is 0 Å². The lowest BCUT2D eigenvalue weighted by molar-refractivity contribution is -0.141. The SMILES string of the molecule is CCN1CNC(=O)CC1=O. The van der Waals surface area contributed by atoms with Crippen LogP contribution in [0.1, 0.15) is 13.3 Å². The molecule has 0 aromatic rings. The van der Waals surface area contributed by atoms with Gasteiger partial charge in [0.05, 0.1) is 6.67 Å². The van der Waals surface area contributed by atoms with E-state index in [1.54, 1.807) is 4.90 Å². The van der Waals surface area contributed by atoms with Gasteiger partial charge < -0.3 is 10.2 Å². The van der Waals surface area contributed by atoms with Crippen molar-refractivity contribution < 1.29 is 9.59 Å². The van der Waals surface area contributed by atoms with Gasteiger partial charge in [-0.2, -0.15) is 0 Å². The van der Waals surface area contributed by atoms with Crippen molar-refractivity contribution >= 4 is 11.8 Å². The van der Waals surface area contributed by atoms with Gasteiger partial charge in [0.2, 0.25) is 11.8 Å². The monoisotopic (exact) mass is 142 g/mol. The van der Waals surface area contributed by atoms with Crippen molar-refractivity contribution in [1.82, 2.24) is 10.2 Å². The smallest absolute Gasteiger partial charge is 0.233 e. The minimum atomic E-state index is -0.172. The maximum atomic E-state index is 10.9. The van der Waals surface area contributed by atoms with E-state index in [4.69, 9.17) is 0 Å². The highest BCUT2D eigenvalue weighted by molar-refractivity contribution is 5.98. The Balaban J connectivity index is 2.51. The molecule has 0 unspecified atom stereocenters. The molecule has 0 spiro atoms. The topological polar surface area (TPSA) is 49.4 Å². The fraction of sp³-hybridized carbons (Fsp3) is 0.667. The summed E-state index contributed by atoms with van der Waals surface area (Å²) in [4.78, 5) is 23.1. The lowest BCUT2D eigenvalue weighted by atomic mass is 10.3. The van der Waals surface area contributed by atoms with Crippen LogP contribution in [0.15, 0.2) is 0 Å². The maximum absolute atomic E-state index is 10.9. The molecule has 0 aliphatic carbocycles. The second-order valence-corrected chi connectivity index (χ2v) is 2.18. The van der Waals surface area contributed by atoms with Gasteiger partial charge in [-0.3, -0.25) is 9.59 Å². The Bertz CT molecular complexity index is 167. The van der Waals surface area contributed by atoms with Gasteiger partial charge in [-0.05, 0) is 6.92 Å². The standard InChI is InChI=1S/C6H10N2O2/c1-2-8-4-7-5(9)3-6(8)10/h2-4H2,1H3,(H,7,9). The Morgan fingerprint density at radius 1 is 1.60 bits per heavy atom. The van der Waals surface area contributed by atoms with Crippen LogP contribution in [-0.2, 0) is 9.59 Å². The summed E-state index contributed by atoms with van der Waals surface area (Å²) in [5.41, 5.74) is 0. The number of nitrogens with one attached hydrogen (secondary N) is 1. The molecule has 10 heavy (non-hydrogen) atoms. The van der Waals surface area contributed by atoms with Gasteiger partial charge in [0.1, 0.15) is 6.42 Å². The predicted octanol–water partition coefficient (Wildman–Crippen LogP) is -0.688. The van der Waals surface area contributed by atoms with Gasteiger partial charge in [-0.1, -0.05) is 0 Å². The molecular formula is C6H10N2O2. The normalized spacial score (nSPS) is 19.1. The van der Waals surface area contributed by atoms with Crippen molar-refractivity contribution in [2.75, 3.05) is 13.2 Å². The largest absolute Gasteiger partial charge is 0.338 e. The Labute approximate surface area is 59.2 Å². The van der Waals surface area contributed by atoms with Crippen molar-refractivity contribution in [1.29, 1.82) is 0 Å². The van der Waals surface area contributed by atoms with E-state index in [-0.39, 0.29) is 18.2 Å². The number of amides is 2. The molecule has 1 saturated heterocycles. The maximum Gasteiger partial charge on any atom is 0.233 e. The quantitative estimate of drug-likeness (QED) is 0.493. The van der Waals surface area contributed by atoms with E-state index >= 15 is 0 Å². The van der Waals surface area contributed by atoms with Crippen LogP contribution in [0.25, 0.3) is 0 Å².